The third kappa shape index (κ3) is 2.14. The molecule has 0 aliphatic rings. The van der Waals surface area contributed by atoms with Crippen molar-refractivity contribution < 1.29 is 0 Å². The Morgan fingerprint density at radius 2 is 1.81 bits per heavy atom. The number of aromatic nitrogens is 2. The van der Waals surface area contributed by atoms with E-state index in [0.29, 0.717) is 0 Å². The van der Waals surface area contributed by atoms with Gasteiger partial charge in [0.25, 0.3) is 0 Å². The SMILES string of the molecule is Cc1ccc(N=c2sccc3nc4ccccc4n23)cc1. The Hall–Kier alpha value is -2.46. The highest BCUT2D eigenvalue weighted by Gasteiger charge is 2.04. The van der Waals surface area contributed by atoms with Crippen molar-refractivity contribution in [2.24, 2.45) is 4.99 Å². The number of rotatable bonds is 1. The van der Waals surface area contributed by atoms with Crippen molar-refractivity contribution in [3.8, 4) is 0 Å². The molecular formula is C17H13N3S. The van der Waals surface area contributed by atoms with E-state index in [-0.39, 0.29) is 0 Å². The lowest BCUT2D eigenvalue weighted by atomic mass is 10.2. The highest BCUT2D eigenvalue weighted by Crippen LogP contribution is 2.16. The Bertz CT molecular complexity index is 994. The Morgan fingerprint density at radius 1 is 1.00 bits per heavy atom. The minimum atomic E-state index is 0.931. The fourth-order valence-electron chi connectivity index (χ4n) is 2.37. The van der Waals surface area contributed by atoms with Crippen molar-refractivity contribution >= 4 is 33.7 Å². The number of nitrogens with zero attached hydrogens (tertiary/aromatic N) is 3. The molecule has 0 amide bonds. The first-order valence-electron chi connectivity index (χ1n) is 6.78. The number of imidazole rings is 1. The van der Waals surface area contributed by atoms with Crippen LogP contribution in [0.25, 0.3) is 16.7 Å². The summed E-state index contributed by atoms with van der Waals surface area (Å²) in [6.07, 6.45) is 0. The van der Waals surface area contributed by atoms with Gasteiger partial charge in [0.15, 0.2) is 4.80 Å². The highest BCUT2D eigenvalue weighted by atomic mass is 32.1. The lowest BCUT2D eigenvalue weighted by Gasteiger charge is -1.98. The number of fused-ring (bicyclic) bond motifs is 3. The predicted octanol–water partition coefficient (Wildman–Crippen LogP) is 4.09. The average Bonchev–Trinajstić information content (AvgIpc) is 2.89. The minimum absolute atomic E-state index is 0.931. The van der Waals surface area contributed by atoms with Crippen LogP contribution in [0, 0.1) is 6.92 Å². The third-order valence-electron chi connectivity index (χ3n) is 3.43. The molecule has 0 N–H and O–H groups in total. The minimum Gasteiger partial charge on any atom is -0.268 e. The van der Waals surface area contributed by atoms with E-state index in [1.54, 1.807) is 11.3 Å². The van der Waals surface area contributed by atoms with E-state index in [9.17, 15) is 0 Å². The lowest BCUT2D eigenvalue weighted by molar-refractivity contribution is 1.14. The first-order valence-corrected chi connectivity index (χ1v) is 7.66. The molecule has 3 nitrogen and oxygen atoms in total. The summed E-state index contributed by atoms with van der Waals surface area (Å²) in [4.78, 5) is 10.4. The van der Waals surface area contributed by atoms with Crippen LogP contribution in [0.3, 0.4) is 0 Å². The van der Waals surface area contributed by atoms with Gasteiger partial charge in [0.05, 0.1) is 16.7 Å². The molecular weight excluding hydrogens is 278 g/mol. The van der Waals surface area contributed by atoms with Crippen LogP contribution in [0.2, 0.25) is 0 Å². The van der Waals surface area contributed by atoms with Crippen LogP contribution in [-0.4, -0.2) is 9.38 Å². The van der Waals surface area contributed by atoms with E-state index in [4.69, 9.17) is 4.99 Å². The van der Waals surface area contributed by atoms with E-state index in [1.807, 2.05) is 41.8 Å². The maximum atomic E-state index is 4.77. The summed E-state index contributed by atoms with van der Waals surface area (Å²) < 4.78 is 2.11. The first kappa shape index (κ1) is 12.3. The summed E-state index contributed by atoms with van der Waals surface area (Å²) in [5, 5.41) is 2.04. The van der Waals surface area contributed by atoms with Gasteiger partial charge in [0.2, 0.25) is 0 Å². The molecule has 2 aromatic heterocycles. The summed E-state index contributed by atoms with van der Waals surface area (Å²) in [5.41, 5.74) is 5.22. The molecule has 0 bridgehead atoms. The van der Waals surface area contributed by atoms with Crippen LogP contribution in [0.15, 0.2) is 65.0 Å². The average molecular weight is 291 g/mol. The monoisotopic (exact) mass is 291 g/mol. The van der Waals surface area contributed by atoms with Gasteiger partial charge in [-0.1, -0.05) is 29.8 Å². The molecule has 0 saturated heterocycles. The zero-order valence-electron chi connectivity index (χ0n) is 11.5. The molecule has 0 fully saturated rings. The molecule has 102 valence electrons. The maximum absolute atomic E-state index is 4.77. The molecule has 4 aromatic rings. The quantitative estimate of drug-likeness (QED) is 0.519. The number of hydrogen-bond donors (Lipinski definition) is 0. The van der Waals surface area contributed by atoms with Crippen LogP contribution in [0.5, 0.6) is 0 Å². The molecule has 0 atom stereocenters. The van der Waals surface area contributed by atoms with Gasteiger partial charge in [-0.3, -0.25) is 4.40 Å². The van der Waals surface area contributed by atoms with Crippen LogP contribution in [0.1, 0.15) is 5.56 Å². The Morgan fingerprint density at radius 3 is 2.67 bits per heavy atom. The molecule has 0 saturated carbocycles. The number of benzene rings is 2. The van der Waals surface area contributed by atoms with Gasteiger partial charge in [0.1, 0.15) is 5.65 Å². The Balaban J connectivity index is 2.06. The number of para-hydroxylation sites is 2. The maximum Gasteiger partial charge on any atom is 0.196 e. The van der Waals surface area contributed by atoms with Crippen molar-refractivity contribution in [1.29, 1.82) is 0 Å². The number of aryl methyl sites for hydroxylation is 1. The van der Waals surface area contributed by atoms with Crippen LogP contribution in [-0.2, 0) is 0 Å². The zero-order valence-corrected chi connectivity index (χ0v) is 12.3. The van der Waals surface area contributed by atoms with Gasteiger partial charge >= 0.3 is 0 Å². The van der Waals surface area contributed by atoms with Crippen molar-refractivity contribution in [1.82, 2.24) is 9.38 Å². The molecule has 0 radical (unpaired) electrons. The highest BCUT2D eigenvalue weighted by molar-refractivity contribution is 7.06. The van der Waals surface area contributed by atoms with Crippen molar-refractivity contribution in [2.75, 3.05) is 0 Å². The van der Waals surface area contributed by atoms with Gasteiger partial charge in [-0.2, -0.15) is 0 Å². The fraction of sp³-hybridized carbons (Fsp3) is 0.0588. The summed E-state index contributed by atoms with van der Waals surface area (Å²) in [6, 6.07) is 18.4. The molecule has 2 aromatic carbocycles. The molecule has 0 spiro atoms. The second kappa shape index (κ2) is 4.82. The van der Waals surface area contributed by atoms with Gasteiger partial charge in [-0.05, 0) is 42.6 Å². The van der Waals surface area contributed by atoms with Crippen LogP contribution in [0.4, 0.5) is 5.69 Å². The molecule has 4 rings (SSSR count). The van der Waals surface area contributed by atoms with E-state index >= 15 is 0 Å². The smallest absolute Gasteiger partial charge is 0.196 e. The van der Waals surface area contributed by atoms with Gasteiger partial charge in [0, 0.05) is 0 Å². The van der Waals surface area contributed by atoms with Crippen molar-refractivity contribution in [3.63, 3.8) is 0 Å². The largest absolute Gasteiger partial charge is 0.268 e. The zero-order chi connectivity index (χ0) is 14.2. The standard InChI is InChI=1S/C17H13N3S/c1-12-6-8-13(9-7-12)18-17-20-15-5-3-2-4-14(15)19-16(20)10-11-21-17/h2-11H,1H3. The molecule has 21 heavy (non-hydrogen) atoms. The van der Waals surface area contributed by atoms with Crippen molar-refractivity contribution in [2.45, 2.75) is 6.92 Å². The third-order valence-corrected chi connectivity index (χ3v) is 4.18. The molecule has 2 heterocycles. The van der Waals surface area contributed by atoms with Gasteiger partial charge in [-0.15, -0.1) is 11.3 Å². The molecule has 0 unspecified atom stereocenters. The number of hydrogen-bond acceptors (Lipinski definition) is 3. The first-order chi connectivity index (χ1) is 10.3. The second-order valence-electron chi connectivity index (χ2n) is 4.94. The van der Waals surface area contributed by atoms with E-state index in [2.05, 4.69) is 34.5 Å². The molecule has 0 aliphatic carbocycles. The van der Waals surface area contributed by atoms with Gasteiger partial charge < -0.3 is 0 Å². The second-order valence-corrected chi connectivity index (χ2v) is 5.82. The summed E-state index contributed by atoms with van der Waals surface area (Å²) >= 11 is 1.62. The summed E-state index contributed by atoms with van der Waals surface area (Å²) in [5.74, 6) is 0. The topological polar surface area (TPSA) is 29.7 Å². The predicted molar refractivity (Wildman–Crippen MR) is 87.0 cm³/mol. The Kier molecular flexibility index (Phi) is 2.82. The van der Waals surface area contributed by atoms with E-state index in [1.165, 1.54) is 5.56 Å². The Labute approximate surface area is 125 Å². The lowest BCUT2D eigenvalue weighted by Crippen LogP contribution is -2.08. The molecule has 4 heteroatoms. The van der Waals surface area contributed by atoms with Crippen LogP contribution >= 0.6 is 11.3 Å². The van der Waals surface area contributed by atoms with E-state index in [0.717, 1.165) is 27.2 Å². The van der Waals surface area contributed by atoms with Crippen LogP contribution < -0.4 is 4.80 Å². The van der Waals surface area contributed by atoms with Gasteiger partial charge in [-0.25, -0.2) is 9.98 Å². The fourth-order valence-corrected chi connectivity index (χ4v) is 3.14. The normalized spacial score (nSPS) is 12.3. The van der Waals surface area contributed by atoms with E-state index < -0.39 is 0 Å². The summed E-state index contributed by atoms with van der Waals surface area (Å²) in [7, 11) is 0. The summed E-state index contributed by atoms with van der Waals surface area (Å²) in [6.45, 7) is 2.08. The molecule has 0 aliphatic heterocycles. The van der Waals surface area contributed by atoms with Crippen molar-refractivity contribution in [3.05, 3.63) is 70.3 Å².